The monoisotopic (exact) mass is 475 g/mol. The highest BCUT2D eigenvalue weighted by Gasteiger charge is 2.33. The van der Waals surface area contributed by atoms with E-state index in [2.05, 4.69) is 21.3 Å². The van der Waals surface area contributed by atoms with Crippen LogP contribution in [0.1, 0.15) is 38.7 Å². The molecule has 11 nitrogen and oxygen atoms in total. The standard InChI is InChI=1S/C23H33N5O6/c1-13(2)19(22(32)27-17(23(33)34)12-18(24)29)28-21(31)16(11-14-7-4-3-5-8-14)26-20(30)15-9-6-10-25-15/h3-5,7-8,13,15-17,19,25H,6,9-12H2,1-2H3,(H2,24,29)(H,26,30)(H,27,32)(H,28,31)(H,33,34). The van der Waals surface area contributed by atoms with Gasteiger partial charge >= 0.3 is 5.97 Å². The highest BCUT2D eigenvalue weighted by Crippen LogP contribution is 2.10. The number of hydrogen-bond acceptors (Lipinski definition) is 6. The molecule has 0 radical (unpaired) electrons. The Morgan fingerprint density at radius 1 is 1.03 bits per heavy atom. The predicted molar refractivity (Wildman–Crippen MR) is 123 cm³/mol. The van der Waals surface area contributed by atoms with Crippen LogP contribution in [0.3, 0.4) is 0 Å². The van der Waals surface area contributed by atoms with Crippen LogP contribution in [0.15, 0.2) is 30.3 Å². The van der Waals surface area contributed by atoms with Crippen LogP contribution in [0, 0.1) is 5.92 Å². The molecule has 0 spiro atoms. The second kappa shape index (κ2) is 12.7. The van der Waals surface area contributed by atoms with Crippen molar-refractivity contribution in [1.82, 2.24) is 21.3 Å². The molecule has 1 heterocycles. The molecule has 1 aliphatic heterocycles. The van der Waals surface area contributed by atoms with Crippen molar-refractivity contribution in [3.05, 3.63) is 35.9 Å². The first kappa shape index (κ1) is 26.8. The van der Waals surface area contributed by atoms with Crippen molar-refractivity contribution in [2.24, 2.45) is 11.7 Å². The predicted octanol–water partition coefficient (Wildman–Crippen LogP) is -0.948. The van der Waals surface area contributed by atoms with Crippen LogP contribution in [0.5, 0.6) is 0 Å². The van der Waals surface area contributed by atoms with Gasteiger partial charge in [-0.2, -0.15) is 0 Å². The number of benzene rings is 1. The van der Waals surface area contributed by atoms with Gasteiger partial charge in [-0.15, -0.1) is 0 Å². The van der Waals surface area contributed by atoms with Crippen LogP contribution < -0.4 is 27.0 Å². The number of carboxylic acid groups (broad SMARTS) is 1. The van der Waals surface area contributed by atoms with E-state index in [1.807, 2.05) is 30.3 Å². The average Bonchev–Trinajstić information content (AvgIpc) is 3.31. The lowest BCUT2D eigenvalue weighted by Gasteiger charge is -2.27. The van der Waals surface area contributed by atoms with E-state index in [1.54, 1.807) is 13.8 Å². The topological polar surface area (TPSA) is 180 Å². The molecule has 1 fully saturated rings. The van der Waals surface area contributed by atoms with E-state index in [-0.39, 0.29) is 18.4 Å². The van der Waals surface area contributed by atoms with Crippen LogP contribution in [-0.4, -0.2) is 65.4 Å². The molecule has 4 unspecified atom stereocenters. The smallest absolute Gasteiger partial charge is 0.326 e. The van der Waals surface area contributed by atoms with Crippen LogP contribution in [-0.2, 0) is 30.4 Å². The minimum atomic E-state index is -1.52. The second-order valence-corrected chi connectivity index (χ2v) is 8.70. The Balaban J connectivity index is 2.16. The lowest BCUT2D eigenvalue weighted by molar-refractivity contribution is -0.144. The first-order valence-corrected chi connectivity index (χ1v) is 11.3. The van der Waals surface area contributed by atoms with Gasteiger partial charge in [0.15, 0.2) is 0 Å². The van der Waals surface area contributed by atoms with Crippen LogP contribution in [0.2, 0.25) is 0 Å². The third kappa shape index (κ3) is 8.14. The van der Waals surface area contributed by atoms with Crippen LogP contribution in [0.4, 0.5) is 0 Å². The van der Waals surface area contributed by atoms with Crippen molar-refractivity contribution in [3.8, 4) is 0 Å². The molecule has 1 aromatic carbocycles. The zero-order valence-electron chi connectivity index (χ0n) is 19.4. The van der Waals surface area contributed by atoms with Gasteiger partial charge in [0.05, 0.1) is 12.5 Å². The van der Waals surface area contributed by atoms with Gasteiger partial charge in [0.2, 0.25) is 23.6 Å². The lowest BCUT2D eigenvalue weighted by Crippen LogP contribution is -2.59. The number of carboxylic acids is 1. The molecule has 4 amide bonds. The summed E-state index contributed by atoms with van der Waals surface area (Å²) in [7, 11) is 0. The van der Waals surface area contributed by atoms with E-state index in [0.717, 1.165) is 18.5 Å². The largest absolute Gasteiger partial charge is 0.480 e. The minimum absolute atomic E-state index is 0.205. The van der Waals surface area contributed by atoms with E-state index in [9.17, 15) is 29.1 Å². The first-order chi connectivity index (χ1) is 16.1. The number of carbonyl (C=O) groups is 5. The Kier molecular flexibility index (Phi) is 9.99. The van der Waals surface area contributed by atoms with E-state index in [0.29, 0.717) is 6.42 Å². The second-order valence-electron chi connectivity index (χ2n) is 8.70. The summed E-state index contributed by atoms with van der Waals surface area (Å²) >= 11 is 0. The lowest BCUT2D eigenvalue weighted by atomic mass is 10.00. The van der Waals surface area contributed by atoms with Crippen molar-refractivity contribution in [1.29, 1.82) is 0 Å². The molecule has 34 heavy (non-hydrogen) atoms. The molecule has 0 aromatic heterocycles. The summed E-state index contributed by atoms with van der Waals surface area (Å²) in [6.45, 7) is 4.09. The molecule has 186 valence electrons. The van der Waals surface area contributed by atoms with Gasteiger partial charge in [-0.25, -0.2) is 4.79 Å². The number of aliphatic carboxylic acids is 1. The van der Waals surface area contributed by atoms with Crippen LogP contribution >= 0.6 is 0 Å². The van der Waals surface area contributed by atoms with Crippen molar-refractivity contribution in [2.75, 3.05) is 6.54 Å². The van der Waals surface area contributed by atoms with E-state index < -0.39 is 54.2 Å². The average molecular weight is 476 g/mol. The molecule has 1 aliphatic rings. The van der Waals surface area contributed by atoms with Gasteiger partial charge in [0, 0.05) is 6.42 Å². The summed E-state index contributed by atoms with van der Waals surface area (Å²) in [5.41, 5.74) is 5.89. The van der Waals surface area contributed by atoms with Gasteiger partial charge in [0.25, 0.3) is 0 Å². The number of amides is 4. The van der Waals surface area contributed by atoms with Gasteiger partial charge in [-0.3, -0.25) is 19.2 Å². The SMILES string of the molecule is CC(C)C(NC(=O)C(Cc1ccccc1)NC(=O)C1CCCN1)C(=O)NC(CC(N)=O)C(=O)O. The molecule has 7 N–H and O–H groups in total. The molecule has 1 saturated heterocycles. The maximum absolute atomic E-state index is 13.2. The van der Waals surface area contributed by atoms with Gasteiger partial charge in [-0.05, 0) is 30.9 Å². The van der Waals surface area contributed by atoms with E-state index in [4.69, 9.17) is 5.73 Å². The van der Waals surface area contributed by atoms with Crippen LogP contribution in [0.25, 0.3) is 0 Å². The minimum Gasteiger partial charge on any atom is -0.480 e. The summed E-state index contributed by atoms with van der Waals surface area (Å²) in [6.07, 6.45) is 1.15. The Labute approximate surface area is 198 Å². The number of primary amides is 1. The Hall–Kier alpha value is -3.47. The summed E-state index contributed by atoms with van der Waals surface area (Å²) in [4.78, 5) is 61.2. The summed E-state index contributed by atoms with van der Waals surface area (Å²) in [5.74, 6) is -4.35. The third-order valence-electron chi connectivity index (χ3n) is 5.56. The number of nitrogens with two attached hydrogens (primary N) is 1. The molecule has 11 heteroatoms. The molecular weight excluding hydrogens is 442 g/mol. The number of nitrogens with one attached hydrogen (secondary N) is 4. The third-order valence-corrected chi connectivity index (χ3v) is 5.56. The maximum atomic E-state index is 13.2. The normalized spacial score (nSPS) is 17.9. The maximum Gasteiger partial charge on any atom is 0.326 e. The molecule has 1 aromatic rings. The highest BCUT2D eigenvalue weighted by atomic mass is 16.4. The summed E-state index contributed by atoms with van der Waals surface area (Å²) in [6, 6.07) is 5.18. The molecular formula is C23H33N5O6. The van der Waals surface area contributed by atoms with Crippen molar-refractivity contribution in [3.63, 3.8) is 0 Å². The van der Waals surface area contributed by atoms with E-state index >= 15 is 0 Å². The molecule has 0 saturated carbocycles. The van der Waals surface area contributed by atoms with Gasteiger partial charge in [-0.1, -0.05) is 44.2 Å². The molecule has 4 atom stereocenters. The number of rotatable bonds is 12. The molecule has 2 rings (SSSR count). The number of carbonyl (C=O) groups excluding carboxylic acids is 4. The Bertz CT molecular complexity index is 885. The Morgan fingerprint density at radius 2 is 1.71 bits per heavy atom. The summed E-state index contributed by atoms with van der Waals surface area (Å²) in [5, 5.41) is 20.0. The zero-order chi connectivity index (χ0) is 25.3. The molecule has 0 bridgehead atoms. The van der Waals surface area contributed by atoms with Gasteiger partial charge in [0.1, 0.15) is 18.1 Å². The Morgan fingerprint density at radius 3 is 2.24 bits per heavy atom. The quantitative estimate of drug-likeness (QED) is 0.225. The number of hydrogen-bond donors (Lipinski definition) is 6. The van der Waals surface area contributed by atoms with Crippen molar-refractivity contribution >= 4 is 29.6 Å². The van der Waals surface area contributed by atoms with E-state index in [1.165, 1.54) is 0 Å². The fourth-order valence-corrected chi connectivity index (χ4v) is 3.69. The van der Waals surface area contributed by atoms with Crippen molar-refractivity contribution < 1.29 is 29.1 Å². The summed E-state index contributed by atoms with van der Waals surface area (Å²) < 4.78 is 0. The van der Waals surface area contributed by atoms with Gasteiger partial charge < -0.3 is 32.1 Å². The van der Waals surface area contributed by atoms with Crippen molar-refractivity contribution in [2.45, 2.75) is 63.7 Å². The highest BCUT2D eigenvalue weighted by molar-refractivity contribution is 5.95. The fraction of sp³-hybridized carbons (Fsp3) is 0.522. The first-order valence-electron chi connectivity index (χ1n) is 11.3. The molecule has 0 aliphatic carbocycles. The fourth-order valence-electron chi connectivity index (χ4n) is 3.69. The zero-order valence-corrected chi connectivity index (χ0v) is 19.4.